The van der Waals surface area contributed by atoms with Crippen LogP contribution in [0.25, 0.3) is 0 Å². The number of hydrogen-bond donors (Lipinski definition) is 2. The Labute approximate surface area is 202 Å². The average molecular weight is 458 g/mol. The maximum Gasteiger partial charge on any atom is 0.322 e. The summed E-state index contributed by atoms with van der Waals surface area (Å²) in [5.74, 6) is -0.198. The number of fused-ring (bicyclic) bond motifs is 1. The first-order valence-electron chi connectivity index (χ1n) is 12.0. The molecule has 2 aromatic carbocycles. The van der Waals surface area contributed by atoms with Crippen LogP contribution in [-0.2, 0) is 22.4 Å². The summed E-state index contributed by atoms with van der Waals surface area (Å²) in [6.45, 7) is 1.38. The van der Waals surface area contributed by atoms with E-state index in [1.807, 2.05) is 6.07 Å². The molecule has 5 rings (SSSR count). The van der Waals surface area contributed by atoms with Gasteiger partial charge in [0, 0.05) is 43.5 Å². The molecule has 2 aliphatic heterocycles. The molecular formula is C26H31BN4O3. The molecule has 176 valence electrons. The second-order valence-electron chi connectivity index (χ2n) is 9.86. The molecule has 2 atom stereocenters. The van der Waals surface area contributed by atoms with Crippen molar-refractivity contribution in [3.63, 3.8) is 0 Å². The van der Waals surface area contributed by atoms with Gasteiger partial charge in [-0.25, -0.2) is 4.79 Å². The maximum atomic E-state index is 13.3. The first kappa shape index (κ1) is 22.9. The van der Waals surface area contributed by atoms with Gasteiger partial charge in [-0.05, 0) is 68.1 Å². The Morgan fingerprint density at radius 1 is 1.06 bits per heavy atom. The Hall–Kier alpha value is -2.84. The molecule has 7 nitrogen and oxygen atoms in total. The van der Waals surface area contributed by atoms with Crippen molar-refractivity contribution < 1.29 is 14.3 Å². The Kier molecular flexibility index (Phi) is 6.12. The molecule has 2 fully saturated rings. The van der Waals surface area contributed by atoms with Crippen molar-refractivity contribution in [3.05, 3.63) is 53.6 Å². The summed E-state index contributed by atoms with van der Waals surface area (Å²) < 4.78 is 5.49. The first-order valence-corrected chi connectivity index (χ1v) is 12.0. The van der Waals surface area contributed by atoms with Crippen molar-refractivity contribution >= 4 is 36.6 Å². The number of nitrogens with one attached hydrogen (secondary N) is 2. The number of likely N-dealkylation sites (tertiary alicyclic amines) is 1. The van der Waals surface area contributed by atoms with Crippen LogP contribution >= 0.6 is 0 Å². The molecule has 2 aromatic rings. The number of anilines is 2. The molecule has 3 aliphatic rings. The summed E-state index contributed by atoms with van der Waals surface area (Å²) in [6.07, 6.45) is 4.84. The normalized spacial score (nSPS) is 23.3. The fourth-order valence-corrected chi connectivity index (χ4v) is 5.25. The van der Waals surface area contributed by atoms with E-state index in [0.717, 1.165) is 25.1 Å². The third-order valence-corrected chi connectivity index (χ3v) is 7.67. The fourth-order valence-electron chi connectivity index (χ4n) is 5.25. The molecular weight excluding hydrogens is 427 g/mol. The van der Waals surface area contributed by atoms with E-state index < -0.39 is 6.04 Å². The highest BCUT2D eigenvalue weighted by Crippen LogP contribution is 2.45. The van der Waals surface area contributed by atoms with Gasteiger partial charge in [0.1, 0.15) is 13.9 Å². The maximum absolute atomic E-state index is 13.3. The quantitative estimate of drug-likeness (QED) is 0.690. The van der Waals surface area contributed by atoms with Crippen molar-refractivity contribution in [1.82, 2.24) is 9.80 Å². The number of benzene rings is 2. The van der Waals surface area contributed by atoms with E-state index in [1.165, 1.54) is 24.0 Å². The Morgan fingerprint density at radius 2 is 1.79 bits per heavy atom. The number of carbonyl (C=O) groups is 2. The predicted octanol–water partition coefficient (Wildman–Crippen LogP) is 2.30. The van der Waals surface area contributed by atoms with Crippen LogP contribution in [0.15, 0.2) is 42.5 Å². The largest absolute Gasteiger partial charge is 0.380 e. The smallest absolute Gasteiger partial charge is 0.322 e. The zero-order valence-electron chi connectivity index (χ0n) is 19.8. The summed E-state index contributed by atoms with van der Waals surface area (Å²) in [6, 6.07) is 12.2. The van der Waals surface area contributed by atoms with Crippen molar-refractivity contribution in [2.75, 3.05) is 37.9 Å². The molecule has 0 aromatic heterocycles. The number of methoxy groups -OCH3 is 1. The zero-order chi connectivity index (χ0) is 23.9. The van der Waals surface area contributed by atoms with Gasteiger partial charge < -0.3 is 25.2 Å². The summed E-state index contributed by atoms with van der Waals surface area (Å²) in [7, 11) is 9.56. The molecule has 2 N–H and O–H groups in total. The third-order valence-electron chi connectivity index (χ3n) is 7.67. The van der Waals surface area contributed by atoms with E-state index in [-0.39, 0.29) is 18.0 Å². The Balaban J connectivity index is 1.29. The minimum absolute atomic E-state index is 0.190. The molecule has 1 saturated heterocycles. The number of hydrogen-bond acceptors (Lipinski definition) is 4. The third kappa shape index (κ3) is 4.57. The molecule has 2 heterocycles. The van der Waals surface area contributed by atoms with Crippen LogP contribution in [0.4, 0.5) is 16.2 Å². The molecule has 1 saturated carbocycles. The standard InChI is InChI=1S/C26H31BN4O3/c1-30-12-9-17-13-21(6-3-18(17)15-26(30)10-11-26)28-24(32)23-14-22(34-2)16-31(23)25(33)29-20-7-4-19(27)5-8-20/h3-8,13,22-23H,9-12,14-16H2,1-2H3,(H,28,32)(H,29,33). The van der Waals surface area contributed by atoms with Crippen LogP contribution in [-0.4, -0.2) is 74.5 Å². The topological polar surface area (TPSA) is 73.9 Å². The van der Waals surface area contributed by atoms with Gasteiger partial charge in [-0.3, -0.25) is 4.79 Å². The van der Waals surface area contributed by atoms with Crippen LogP contribution < -0.4 is 16.1 Å². The van der Waals surface area contributed by atoms with E-state index in [4.69, 9.17) is 12.6 Å². The van der Waals surface area contributed by atoms with E-state index in [9.17, 15) is 9.59 Å². The summed E-state index contributed by atoms with van der Waals surface area (Å²) in [5, 5.41) is 5.92. The Morgan fingerprint density at radius 3 is 2.50 bits per heavy atom. The molecule has 1 aliphatic carbocycles. The number of likely N-dealkylation sites (N-methyl/N-ethyl adjacent to an activating group) is 1. The van der Waals surface area contributed by atoms with Crippen molar-refractivity contribution in [2.24, 2.45) is 0 Å². The van der Waals surface area contributed by atoms with Gasteiger partial charge >= 0.3 is 6.03 Å². The predicted molar refractivity (Wildman–Crippen MR) is 134 cm³/mol. The summed E-state index contributed by atoms with van der Waals surface area (Å²) in [4.78, 5) is 30.3. The minimum atomic E-state index is -0.613. The number of ether oxygens (including phenoxy) is 1. The minimum Gasteiger partial charge on any atom is -0.380 e. The lowest BCUT2D eigenvalue weighted by Gasteiger charge is -2.25. The fraction of sp³-hybridized carbons (Fsp3) is 0.462. The monoisotopic (exact) mass is 458 g/mol. The zero-order valence-corrected chi connectivity index (χ0v) is 19.8. The van der Waals surface area contributed by atoms with Crippen LogP contribution in [0.2, 0.25) is 0 Å². The van der Waals surface area contributed by atoms with Gasteiger partial charge in [0.05, 0.1) is 6.10 Å². The number of rotatable bonds is 4. The second-order valence-corrected chi connectivity index (χ2v) is 9.86. The van der Waals surface area contributed by atoms with Gasteiger partial charge in [-0.15, -0.1) is 0 Å². The number of amides is 3. The number of carbonyl (C=O) groups excluding carboxylic acids is 2. The first-order chi connectivity index (χ1) is 16.4. The van der Waals surface area contributed by atoms with Crippen molar-refractivity contribution in [3.8, 4) is 0 Å². The van der Waals surface area contributed by atoms with Gasteiger partial charge in [0.25, 0.3) is 0 Å². The SMILES string of the molecule is [B]c1ccc(NC(=O)N2CC(OC)CC2C(=O)Nc2ccc3c(c2)CCN(C)C2(CC2)C3)cc1. The lowest BCUT2D eigenvalue weighted by molar-refractivity contribution is -0.119. The molecule has 2 unspecified atom stereocenters. The highest BCUT2D eigenvalue weighted by molar-refractivity contribution is 6.32. The molecule has 0 bridgehead atoms. The second kappa shape index (κ2) is 9.08. The highest BCUT2D eigenvalue weighted by Gasteiger charge is 2.47. The van der Waals surface area contributed by atoms with Gasteiger partial charge in [0.2, 0.25) is 5.91 Å². The molecule has 3 amide bonds. The van der Waals surface area contributed by atoms with Crippen molar-refractivity contribution in [1.29, 1.82) is 0 Å². The van der Waals surface area contributed by atoms with E-state index in [2.05, 4.69) is 34.7 Å². The van der Waals surface area contributed by atoms with E-state index in [1.54, 1.807) is 36.3 Å². The summed E-state index contributed by atoms with van der Waals surface area (Å²) >= 11 is 0. The lowest BCUT2D eigenvalue weighted by atomic mass is 9.96. The van der Waals surface area contributed by atoms with Crippen LogP contribution in [0.3, 0.4) is 0 Å². The Bertz CT molecular complexity index is 1090. The van der Waals surface area contributed by atoms with Crippen molar-refractivity contribution in [2.45, 2.75) is 49.8 Å². The van der Waals surface area contributed by atoms with Crippen LogP contribution in [0.5, 0.6) is 0 Å². The average Bonchev–Trinajstić information content (AvgIpc) is 3.51. The van der Waals surface area contributed by atoms with Crippen LogP contribution in [0, 0.1) is 0 Å². The number of urea groups is 1. The van der Waals surface area contributed by atoms with Gasteiger partial charge in [0.15, 0.2) is 0 Å². The van der Waals surface area contributed by atoms with E-state index >= 15 is 0 Å². The highest BCUT2D eigenvalue weighted by atomic mass is 16.5. The molecule has 8 heteroatoms. The van der Waals surface area contributed by atoms with Crippen LogP contribution in [0.1, 0.15) is 30.4 Å². The summed E-state index contributed by atoms with van der Waals surface area (Å²) in [5.41, 5.74) is 5.04. The van der Waals surface area contributed by atoms with E-state index in [0.29, 0.717) is 29.7 Å². The molecule has 1 spiro atoms. The lowest BCUT2D eigenvalue weighted by Crippen LogP contribution is -2.45. The number of nitrogens with zero attached hydrogens (tertiary/aromatic N) is 2. The molecule has 34 heavy (non-hydrogen) atoms. The molecule has 2 radical (unpaired) electrons. The van der Waals surface area contributed by atoms with Gasteiger partial charge in [-0.1, -0.05) is 23.7 Å². The van der Waals surface area contributed by atoms with Gasteiger partial charge in [-0.2, -0.15) is 0 Å².